The maximum atomic E-state index is 2.35. The summed E-state index contributed by atoms with van der Waals surface area (Å²) in [5.74, 6) is 0. The second-order valence-corrected chi connectivity index (χ2v) is 12.0. The van der Waals surface area contributed by atoms with E-state index in [-0.39, 0.29) is 0 Å². The van der Waals surface area contributed by atoms with Crippen LogP contribution in [0.15, 0.2) is 158 Å². The lowest BCUT2D eigenvalue weighted by atomic mass is 9.87. The molecule has 0 radical (unpaired) electrons. The van der Waals surface area contributed by atoms with Crippen molar-refractivity contribution < 1.29 is 0 Å². The number of fused-ring (bicyclic) bond motifs is 14. The van der Waals surface area contributed by atoms with Crippen LogP contribution in [0.25, 0.3) is 97.3 Å². The van der Waals surface area contributed by atoms with Gasteiger partial charge in [0.1, 0.15) is 0 Å². The van der Waals surface area contributed by atoms with Crippen molar-refractivity contribution in [2.45, 2.75) is 0 Å². The molecule has 0 heterocycles. The summed E-state index contributed by atoms with van der Waals surface area (Å²) in [5.41, 5.74) is 2.56. The molecule has 0 fully saturated rings. The normalized spacial score (nSPS) is 12.1. The van der Waals surface area contributed by atoms with Crippen molar-refractivity contribution in [2.75, 3.05) is 0 Å². The van der Waals surface area contributed by atoms with Gasteiger partial charge in [0, 0.05) is 0 Å². The molecule has 0 amide bonds. The van der Waals surface area contributed by atoms with Crippen molar-refractivity contribution in [3.8, 4) is 11.1 Å². The molecule has 0 aliphatic rings. The highest BCUT2D eigenvalue weighted by atomic mass is 14.2. The third-order valence-electron chi connectivity index (χ3n) is 9.82. The predicted molar refractivity (Wildman–Crippen MR) is 192 cm³/mol. The highest BCUT2D eigenvalue weighted by molar-refractivity contribution is 6.28. The molecule has 0 unspecified atom stereocenters. The van der Waals surface area contributed by atoms with Crippen LogP contribution in [-0.4, -0.2) is 0 Å². The zero-order valence-electron chi connectivity index (χ0n) is 24.0. The summed E-state index contributed by atoms with van der Waals surface area (Å²) in [4.78, 5) is 0. The molecule has 0 saturated carbocycles. The highest BCUT2D eigenvalue weighted by Gasteiger charge is 2.15. The Morgan fingerprint density at radius 1 is 0.182 bits per heavy atom. The van der Waals surface area contributed by atoms with Gasteiger partial charge in [-0.05, 0) is 97.3 Å². The average Bonchev–Trinajstić information content (AvgIpc) is 3.10. The quantitative estimate of drug-likeness (QED) is 0.177. The molecule has 44 heavy (non-hydrogen) atoms. The van der Waals surface area contributed by atoms with E-state index in [1.54, 1.807) is 0 Å². The van der Waals surface area contributed by atoms with Crippen LogP contribution in [0.3, 0.4) is 0 Å². The number of rotatable bonds is 1. The van der Waals surface area contributed by atoms with Crippen molar-refractivity contribution in [1.82, 2.24) is 0 Å². The highest BCUT2D eigenvalue weighted by Crippen LogP contribution is 2.43. The minimum Gasteiger partial charge on any atom is -0.0616 e. The molecule has 0 spiro atoms. The molecule has 0 aliphatic heterocycles. The van der Waals surface area contributed by atoms with E-state index in [1.807, 2.05) is 0 Å². The zero-order valence-corrected chi connectivity index (χ0v) is 24.0. The number of hydrogen-bond donors (Lipinski definition) is 0. The van der Waals surface area contributed by atoms with Crippen LogP contribution in [0.1, 0.15) is 0 Å². The van der Waals surface area contributed by atoms with E-state index in [4.69, 9.17) is 0 Å². The third kappa shape index (κ3) is 3.23. The molecule has 0 nitrogen and oxygen atoms in total. The molecule has 10 aromatic rings. The van der Waals surface area contributed by atoms with E-state index >= 15 is 0 Å². The van der Waals surface area contributed by atoms with Crippen LogP contribution >= 0.6 is 0 Å². The van der Waals surface area contributed by atoms with Gasteiger partial charge in [0.05, 0.1) is 0 Å². The van der Waals surface area contributed by atoms with Gasteiger partial charge < -0.3 is 0 Å². The van der Waals surface area contributed by atoms with Crippen LogP contribution < -0.4 is 0 Å². The molecule has 0 saturated heterocycles. The Balaban J connectivity index is 1.32. The minimum absolute atomic E-state index is 1.27. The van der Waals surface area contributed by atoms with Gasteiger partial charge >= 0.3 is 0 Å². The van der Waals surface area contributed by atoms with Crippen LogP contribution in [0.5, 0.6) is 0 Å². The molecule has 0 N–H and O–H groups in total. The van der Waals surface area contributed by atoms with Crippen LogP contribution in [0, 0.1) is 0 Å². The molecule has 0 aliphatic carbocycles. The van der Waals surface area contributed by atoms with Gasteiger partial charge in [0.25, 0.3) is 0 Å². The first-order chi connectivity index (χ1) is 21.8. The summed E-state index contributed by atoms with van der Waals surface area (Å²) in [6.45, 7) is 0. The lowest BCUT2D eigenvalue weighted by Gasteiger charge is -2.16. The first kappa shape index (κ1) is 23.8. The van der Waals surface area contributed by atoms with Crippen LogP contribution in [0.2, 0.25) is 0 Å². The Kier molecular flexibility index (Phi) is 4.81. The Labute approximate surface area is 254 Å². The smallest absolute Gasteiger partial charge is 0.00264 e. The lowest BCUT2D eigenvalue weighted by molar-refractivity contribution is 1.72. The summed E-state index contributed by atoms with van der Waals surface area (Å²) in [6, 6.07) is 58.7. The summed E-state index contributed by atoms with van der Waals surface area (Å²) in [5, 5.41) is 20.8. The van der Waals surface area contributed by atoms with Crippen molar-refractivity contribution in [3.63, 3.8) is 0 Å². The Morgan fingerprint density at radius 3 is 0.977 bits per heavy atom. The molecular weight excluding hydrogens is 528 g/mol. The molecule has 0 atom stereocenters. The van der Waals surface area contributed by atoms with Gasteiger partial charge in [-0.15, -0.1) is 0 Å². The van der Waals surface area contributed by atoms with E-state index in [0.717, 1.165) is 0 Å². The summed E-state index contributed by atoms with van der Waals surface area (Å²) in [7, 11) is 0. The Hall–Kier alpha value is -5.72. The van der Waals surface area contributed by atoms with Crippen LogP contribution in [-0.2, 0) is 0 Å². The van der Waals surface area contributed by atoms with Gasteiger partial charge in [-0.2, -0.15) is 0 Å². The second-order valence-electron chi connectivity index (χ2n) is 12.0. The van der Waals surface area contributed by atoms with Gasteiger partial charge in [0.2, 0.25) is 0 Å². The first-order valence-electron chi connectivity index (χ1n) is 15.4. The fraction of sp³-hybridized carbons (Fsp3) is 0. The summed E-state index contributed by atoms with van der Waals surface area (Å²) >= 11 is 0. The minimum atomic E-state index is 1.27. The fourth-order valence-electron chi connectivity index (χ4n) is 7.83. The molecule has 0 heteroatoms. The maximum absolute atomic E-state index is 2.35. The topological polar surface area (TPSA) is 0 Å². The number of benzene rings is 10. The third-order valence-corrected chi connectivity index (χ3v) is 9.82. The van der Waals surface area contributed by atoms with Crippen molar-refractivity contribution in [1.29, 1.82) is 0 Å². The van der Waals surface area contributed by atoms with E-state index < -0.39 is 0 Å². The SMILES string of the molecule is c1ccc2c(c1)ccc1c2ccc2c1ccc1cccc(-c3cccc4ccc5c6ccc7ccccc7c6ccc5c34)c12. The van der Waals surface area contributed by atoms with Crippen molar-refractivity contribution >= 4 is 86.2 Å². The predicted octanol–water partition coefficient (Wildman–Crippen LogP) is 12.6. The second kappa shape index (κ2) is 8.89. The monoisotopic (exact) mass is 554 g/mol. The first-order valence-corrected chi connectivity index (χ1v) is 15.4. The van der Waals surface area contributed by atoms with E-state index in [2.05, 4.69) is 158 Å². The molecule has 0 aromatic heterocycles. The lowest BCUT2D eigenvalue weighted by Crippen LogP contribution is -1.89. The van der Waals surface area contributed by atoms with Gasteiger partial charge in [-0.1, -0.05) is 158 Å². The van der Waals surface area contributed by atoms with Gasteiger partial charge in [-0.3, -0.25) is 0 Å². The Bertz CT molecular complexity index is 2620. The van der Waals surface area contributed by atoms with Crippen molar-refractivity contribution in [3.05, 3.63) is 158 Å². The Morgan fingerprint density at radius 2 is 0.500 bits per heavy atom. The summed E-state index contributed by atoms with van der Waals surface area (Å²) in [6.07, 6.45) is 0. The maximum Gasteiger partial charge on any atom is -0.00264 e. The number of hydrogen-bond acceptors (Lipinski definition) is 0. The molecule has 10 aromatic carbocycles. The van der Waals surface area contributed by atoms with Crippen molar-refractivity contribution in [2.24, 2.45) is 0 Å². The standard InChI is InChI=1S/C44H26/c1-3-11-31-27(7-1)15-19-35-33(31)23-25-41-37(35)21-17-29-9-5-13-39(43(29)41)40-14-6-10-30-18-22-38-36-20-16-28-8-2-4-12-32(28)34(36)24-26-42(38)44(30)40/h1-26H. The van der Waals surface area contributed by atoms with Gasteiger partial charge in [0.15, 0.2) is 0 Å². The van der Waals surface area contributed by atoms with E-state index in [9.17, 15) is 0 Å². The molecule has 0 bridgehead atoms. The molecule has 202 valence electrons. The average molecular weight is 555 g/mol. The largest absolute Gasteiger partial charge is 0.0616 e. The van der Waals surface area contributed by atoms with E-state index in [1.165, 1.54) is 97.3 Å². The van der Waals surface area contributed by atoms with Gasteiger partial charge in [-0.25, -0.2) is 0 Å². The van der Waals surface area contributed by atoms with E-state index in [0.29, 0.717) is 0 Å². The molecule has 10 rings (SSSR count). The fourth-order valence-corrected chi connectivity index (χ4v) is 7.83. The molecular formula is C44H26. The zero-order chi connectivity index (χ0) is 28.8. The van der Waals surface area contributed by atoms with Crippen LogP contribution in [0.4, 0.5) is 0 Å². The summed E-state index contributed by atoms with van der Waals surface area (Å²) < 4.78 is 0.